The molecule has 2 aromatic heterocycles. The van der Waals surface area contributed by atoms with Gasteiger partial charge in [-0.25, -0.2) is 9.78 Å². The van der Waals surface area contributed by atoms with Crippen LogP contribution in [0.3, 0.4) is 0 Å². The number of carbonyl (C=O) groups excluding carboxylic acids is 2. The minimum atomic E-state index is -0.636. The SMILES string of the molecule is CC(C)(C)OC(=O)N[C@H]1CCCC[C@H]1Nc1ncc(C(N)=O)c(Nc2ccc3ccncc3c2)n1. The molecule has 0 unspecified atom stereocenters. The van der Waals surface area contributed by atoms with Gasteiger partial charge in [-0.3, -0.25) is 9.78 Å². The highest BCUT2D eigenvalue weighted by atomic mass is 16.6. The molecule has 0 radical (unpaired) electrons. The molecule has 1 aliphatic carbocycles. The fourth-order valence-electron chi connectivity index (χ4n) is 4.13. The van der Waals surface area contributed by atoms with Crippen molar-refractivity contribution in [1.29, 1.82) is 0 Å². The lowest BCUT2D eigenvalue weighted by Crippen LogP contribution is -2.50. The quantitative estimate of drug-likeness (QED) is 0.415. The summed E-state index contributed by atoms with van der Waals surface area (Å²) in [6.45, 7) is 5.49. The Balaban J connectivity index is 1.53. The van der Waals surface area contributed by atoms with Crippen molar-refractivity contribution < 1.29 is 14.3 Å². The molecule has 5 N–H and O–H groups in total. The Morgan fingerprint density at radius 1 is 1.06 bits per heavy atom. The summed E-state index contributed by atoms with van der Waals surface area (Å²) in [5, 5.41) is 11.5. The summed E-state index contributed by atoms with van der Waals surface area (Å²) < 4.78 is 5.42. The van der Waals surface area contributed by atoms with Gasteiger partial charge in [-0.1, -0.05) is 18.9 Å². The van der Waals surface area contributed by atoms with Gasteiger partial charge in [-0.2, -0.15) is 4.98 Å². The molecule has 2 amide bonds. The van der Waals surface area contributed by atoms with Gasteiger partial charge in [0.05, 0.1) is 6.04 Å². The van der Waals surface area contributed by atoms with E-state index in [1.165, 1.54) is 6.20 Å². The number of anilines is 3. The molecule has 0 aliphatic heterocycles. The van der Waals surface area contributed by atoms with Crippen molar-refractivity contribution in [3.63, 3.8) is 0 Å². The van der Waals surface area contributed by atoms with E-state index in [0.29, 0.717) is 11.8 Å². The first kappa shape index (κ1) is 24.2. The van der Waals surface area contributed by atoms with Crippen molar-refractivity contribution in [2.75, 3.05) is 10.6 Å². The van der Waals surface area contributed by atoms with E-state index in [4.69, 9.17) is 10.5 Å². The third-order valence-corrected chi connectivity index (χ3v) is 5.74. The van der Waals surface area contributed by atoms with Crippen molar-refractivity contribution in [1.82, 2.24) is 20.3 Å². The summed E-state index contributed by atoms with van der Waals surface area (Å²) in [6.07, 6.45) is 8.12. The normalized spacial score (nSPS) is 18.0. The topological polar surface area (TPSA) is 144 Å². The second-order valence-electron chi connectivity index (χ2n) is 9.67. The number of hydrogen-bond donors (Lipinski definition) is 4. The van der Waals surface area contributed by atoms with Gasteiger partial charge in [0.15, 0.2) is 0 Å². The Morgan fingerprint density at radius 2 is 1.83 bits per heavy atom. The zero-order valence-corrected chi connectivity index (χ0v) is 20.2. The number of benzene rings is 1. The number of primary amides is 1. The Morgan fingerprint density at radius 3 is 2.57 bits per heavy atom. The van der Waals surface area contributed by atoms with Crippen molar-refractivity contribution in [3.8, 4) is 0 Å². The Kier molecular flexibility index (Phi) is 6.99. The third-order valence-electron chi connectivity index (χ3n) is 5.74. The van der Waals surface area contributed by atoms with Crippen LogP contribution in [0.2, 0.25) is 0 Å². The fraction of sp³-hybridized carbons (Fsp3) is 0.400. The van der Waals surface area contributed by atoms with Crippen LogP contribution in [0.5, 0.6) is 0 Å². The molecule has 0 saturated heterocycles. The lowest BCUT2D eigenvalue weighted by atomic mass is 9.90. The highest BCUT2D eigenvalue weighted by molar-refractivity contribution is 5.98. The predicted molar refractivity (Wildman–Crippen MR) is 135 cm³/mol. The van der Waals surface area contributed by atoms with Crippen LogP contribution in [0.25, 0.3) is 10.8 Å². The predicted octanol–water partition coefficient (Wildman–Crippen LogP) is 4.12. The maximum atomic E-state index is 12.3. The van der Waals surface area contributed by atoms with Crippen molar-refractivity contribution in [3.05, 3.63) is 48.4 Å². The average Bonchev–Trinajstić information content (AvgIpc) is 2.79. The number of hydrogen-bond acceptors (Lipinski definition) is 8. The maximum absolute atomic E-state index is 12.3. The zero-order valence-electron chi connectivity index (χ0n) is 20.2. The van der Waals surface area contributed by atoms with E-state index < -0.39 is 17.6 Å². The molecule has 0 bridgehead atoms. The van der Waals surface area contributed by atoms with E-state index in [1.807, 2.05) is 45.0 Å². The van der Waals surface area contributed by atoms with E-state index in [9.17, 15) is 9.59 Å². The minimum Gasteiger partial charge on any atom is -0.444 e. The standard InChI is InChI=1S/C25H31N7O3/c1-25(2,3)35-24(34)31-20-7-5-4-6-19(20)30-23-28-14-18(21(26)33)22(32-23)29-17-9-8-15-10-11-27-13-16(15)12-17/h8-14,19-20H,4-7H2,1-3H3,(H2,26,33)(H,31,34)(H2,28,29,30,32)/t19-,20+/m1/s1. The Bertz CT molecular complexity index is 1230. The number of nitrogens with one attached hydrogen (secondary N) is 3. The van der Waals surface area contributed by atoms with Crippen molar-refractivity contribution in [2.45, 2.75) is 64.1 Å². The number of amides is 2. The highest BCUT2D eigenvalue weighted by Gasteiger charge is 2.29. The van der Waals surface area contributed by atoms with Crippen LogP contribution in [0, 0.1) is 0 Å². The van der Waals surface area contributed by atoms with Gasteiger partial charge < -0.3 is 26.4 Å². The van der Waals surface area contributed by atoms with Gasteiger partial charge in [0.2, 0.25) is 5.95 Å². The van der Waals surface area contributed by atoms with Gasteiger partial charge in [-0.05, 0) is 57.2 Å². The smallest absolute Gasteiger partial charge is 0.407 e. The van der Waals surface area contributed by atoms with Crippen LogP contribution in [0.1, 0.15) is 56.8 Å². The van der Waals surface area contributed by atoms with E-state index >= 15 is 0 Å². The summed E-state index contributed by atoms with van der Waals surface area (Å²) in [6, 6.07) is 7.47. The molecule has 1 fully saturated rings. The molecule has 10 nitrogen and oxygen atoms in total. The maximum Gasteiger partial charge on any atom is 0.407 e. The van der Waals surface area contributed by atoms with Gasteiger partial charge >= 0.3 is 6.09 Å². The second kappa shape index (κ2) is 10.1. The summed E-state index contributed by atoms with van der Waals surface area (Å²) in [4.78, 5) is 37.4. The van der Waals surface area contributed by atoms with Gasteiger partial charge in [0.1, 0.15) is 17.0 Å². The largest absolute Gasteiger partial charge is 0.444 e. The van der Waals surface area contributed by atoms with Gasteiger partial charge in [0, 0.05) is 35.7 Å². The molecular weight excluding hydrogens is 446 g/mol. The molecule has 1 saturated carbocycles. The molecule has 184 valence electrons. The Labute approximate surface area is 204 Å². The molecule has 3 aromatic rings. The number of carbonyl (C=O) groups is 2. The summed E-state index contributed by atoms with van der Waals surface area (Å²) in [5.74, 6) is -0.00260. The number of ether oxygens (including phenoxy) is 1. The molecule has 2 heterocycles. The van der Waals surface area contributed by atoms with Crippen molar-refractivity contribution >= 4 is 40.2 Å². The lowest BCUT2D eigenvalue weighted by molar-refractivity contribution is 0.0488. The van der Waals surface area contributed by atoms with Crippen LogP contribution >= 0.6 is 0 Å². The molecule has 1 aromatic carbocycles. The molecular formula is C25H31N7O3. The fourth-order valence-corrected chi connectivity index (χ4v) is 4.13. The van der Waals surface area contributed by atoms with Crippen LogP contribution in [0.4, 0.5) is 22.2 Å². The van der Waals surface area contributed by atoms with E-state index in [0.717, 1.165) is 42.1 Å². The lowest BCUT2D eigenvalue weighted by Gasteiger charge is -2.33. The van der Waals surface area contributed by atoms with Gasteiger partial charge in [0.25, 0.3) is 5.91 Å². The first-order valence-electron chi connectivity index (χ1n) is 11.7. The Hall–Kier alpha value is -3.95. The molecule has 2 atom stereocenters. The molecule has 0 spiro atoms. The summed E-state index contributed by atoms with van der Waals surface area (Å²) in [7, 11) is 0. The number of pyridine rings is 1. The number of aromatic nitrogens is 3. The minimum absolute atomic E-state index is 0.0877. The first-order chi connectivity index (χ1) is 16.7. The monoisotopic (exact) mass is 477 g/mol. The van der Waals surface area contributed by atoms with Crippen LogP contribution in [-0.4, -0.2) is 44.6 Å². The van der Waals surface area contributed by atoms with Crippen molar-refractivity contribution in [2.24, 2.45) is 5.73 Å². The van der Waals surface area contributed by atoms with Crippen LogP contribution < -0.4 is 21.7 Å². The van der Waals surface area contributed by atoms with Crippen LogP contribution in [0.15, 0.2) is 42.9 Å². The van der Waals surface area contributed by atoms with E-state index in [1.54, 1.807) is 12.4 Å². The van der Waals surface area contributed by atoms with E-state index in [2.05, 4.69) is 30.9 Å². The number of nitrogens with two attached hydrogens (primary N) is 1. The number of nitrogens with zero attached hydrogens (tertiary/aromatic N) is 3. The number of alkyl carbamates (subject to hydrolysis) is 1. The number of rotatable bonds is 6. The average molecular weight is 478 g/mol. The zero-order chi connectivity index (χ0) is 25.0. The van der Waals surface area contributed by atoms with Crippen LogP contribution in [-0.2, 0) is 4.74 Å². The summed E-state index contributed by atoms with van der Waals surface area (Å²) in [5.41, 5.74) is 5.91. The molecule has 10 heteroatoms. The molecule has 35 heavy (non-hydrogen) atoms. The van der Waals surface area contributed by atoms with Gasteiger partial charge in [-0.15, -0.1) is 0 Å². The number of fused-ring (bicyclic) bond motifs is 1. The molecule has 4 rings (SSSR count). The third kappa shape index (κ3) is 6.34. The second-order valence-corrected chi connectivity index (χ2v) is 9.67. The summed E-state index contributed by atoms with van der Waals surface area (Å²) >= 11 is 0. The van der Waals surface area contributed by atoms with E-state index in [-0.39, 0.29) is 17.6 Å². The highest BCUT2D eigenvalue weighted by Crippen LogP contribution is 2.25. The first-order valence-corrected chi connectivity index (χ1v) is 11.7. The molecule has 1 aliphatic rings.